The second-order valence-electron chi connectivity index (χ2n) is 5.70. The van der Waals surface area contributed by atoms with Gasteiger partial charge in [-0.05, 0) is 33.3 Å². The Kier molecular flexibility index (Phi) is 5.74. The van der Waals surface area contributed by atoms with E-state index in [0.717, 1.165) is 6.42 Å². The van der Waals surface area contributed by atoms with Crippen LogP contribution in [0.1, 0.15) is 43.2 Å². The molecule has 1 N–H and O–H groups in total. The van der Waals surface area contributed by atoms with E-state index in [1.165, 1.54) is 16.8 Å². The smallest absolute Gasteiger partial charge is 0.311 e. The van der Waals surface area contributed by atoms with E-state index in [-0.39, 0.29) is 29.1 Å². The van der Waals surface area contributed by atoms with Crippen LogP contribution < -0.4 is 10.1 Å². The van der Waals surface area contributed by atoms with Crippen molar-refractivity contribution in [3.63, 3.8) is 0 Å². The van der Waals surface area contributed by atoms with Crippen LogP contribution in [0.25, 0.3) is 0 Å². The van der Waals surface area contributed by atoms with Crippen molar-refractivity contribution in [3.05, 3.63) is 45.6 Å². The van der Waals surface area contributed by atoms with Gasteiger partial charge in [-0.25, -0.2) is 4.68 Å². The second kappa shape index (κ2) is 7.78. The van der Waals surface area contributed by atoms with Crippen molar-refractivity contribution in [2.75, 3.05) is 0 Å². The summed E-state index contributed by atoms with van der Waals surface area (Å²) in [6.45, 7) is 7.93. The molecule has 1 aromatic heterocycles. The van der Waals surface area contributed by atoms with E-state index in [1.807, 2.05) is 20.8 Å². The van der Waals surface area contributed by atoms with Crippen LogP contribution in [0.2, 0.25) is 0 Å². The van der Waals surface area contributed by atoms with Crippen molar-refractivity contribution in [2.45, 2.75) is 46.7 Å². The van der Waals surface area contributed by atoms with Gasteiger partial charge in [0.2, 0.25) is 11.6 Å². The largest absolute Gasteiger partial charge is 0.432 e. The molecule has 8 heteroatoms. The van der Waals surface area contributed by atoms with E-state index >= 15 is 0 Å². The number of aromatic nitrogens is 2. The third kappa shape index (κ3) is 3.96. The number of amides is 1. The molecule has 0 fully saturated rings. The number of para-hydroxylation sites is 2. The Labute approximate surface area is 145 Å². The zero-order valence-electron chi connectivity index (χ0n) is 14.8. The van der Waals surface area contributed by atoms with Crippen LogP contribution >= 0.6 is 0 Å². The average molecular weight is 346 g/mol. The van der Waals surface area contributed by atoms with Gasteiger partial charge >= 0.3 is 5.69 Å². The molecule has 2 rings (SSSR count). The molecule has 1 amide bonds. The number of nitrogens with zero attached hydrogens (tertiary/aromatic N) is 3. The van der Waals surface area contributed by atoms with Crippen molar-refractivity contribution in [2.24, 2.45) is 0 Å². The molecule has 0 saturated heterocycles. The molecule has 0 aliphatic carbocycles. The highest BCUT2D eigenvalue weighted by Crippen LogP contribution is 2.33. The fraction of sp³-hybridized carbons (Fsp3) is 0.412. The molecule has 0 unspecified atom stereocenters. The number of nitrogens with one attached hydrogen (secondary N) is 1. The Bertz CT molecular complexity index is 785. The number of rotatable bonds is 7. The van der Waals surface area contributed by atoms with Crippen LogP contribution in [0.15, 0.2) is 24.3 Å². The highest BCUT2D eigenvalue weighted by molar-refractivity contribution is 5.94. The van der Waals surface area contributed by atoms with E-state index in [4.69, 9.17) is 4.74 Å². The zero-order valence-corrected chi connectivity index (χ0v) is 14.8. The molecule has 0 spiro atoms. The van der Waals surface area contributed by atoms with Gasteiger partial charge < -0.3 is 10.1 Å². The molecular formula is C17H22N4O4. The van der Waals surface area contributed by atoms with Gasteiger partial charge in [-0.1, -0.05) is 19.1 Å². The number of carbonyl (C=O) groups excluding carboxylic acids is 1. The lowest BCUT2D eigenvalue weighted by molar-refractivity contribution is -0.385. The molecule has 0 bridgehead atoms. The first-order valence-corrected chi connectivity index (χ1v) is 8.18. The third-order valence-corrected chi connectivity index (χ3v) is 3.90. The minimum atomic E-state index is -0.506. The fourth-order valence-corrected chi connectivity index (χ4v) is 2.29. The SMILES string of the molecule is CC[C@@H](C)NC(=O)c1nn(CC)c(Oc2ccccc2[N+](=O)[O-])c1C. The van der Waals surface area contributed by atoms with Gasteiger partial charge in [0.1, 0.15) is 0 Å². The molecule has 134 valence electrons. The predicted octanol–water partition coefficient (Wildman–Crippen LogP) is 3.44. The van der Waals surface area contributed by atoms with Gasteiger partial charge in [0, 0.05) is 24.2 Å². The molecule has 1 heterocycles. The summed E-state index contributed by atoms with van der Waals surface area (Å²) < 4.78 is 7.29. The van der Waals surface area contributed by atoms with Crippen molar-refractivity contribution >= 4 is 11.6 Å². The first-order chi connectivity index (χ1) is 11.9. The second-order valence-corrected chi connectivity index (χ2v) is 5.70. The summed E-state index contributed by atoms with van der Waals surface area (Å²) in [5, 5.41) is 18.3. The van der Waals surface area contributed by atoms with E-state index in [0.29, 0.717) is 18.0 Å². The summed E-state index contributed by atoms with van der Waals surface area (Å²) in [5.74, 6) is 0.150. The summed E-state index contributed by atoms with van der Waals surface area (Å²) in [6.07, 6.45) is 0.804. The van der Waals surface area contributed by atoms with Crippen LogP contribution in [0.3, 0.4) is 0 Å². The Morgan fingerprint density at radius 2 is 2.08 bits per heavy atom. The number of nitro benzene ring substituents is 1. The fourth-order valence-electron chi connectivity index (χ4n) is 2.29. The predicted molar refractivity (Wildman–Crippen MR) is 93.0 cm³/mol. The average Bonchev–Trinajstić information content (AvgIpc) is 2.91. The van der Waals surface area contributed by atoms with Gasteiger partial charge in [0.15, 0.2) is 5.69 Å². The molecule has 0 aliphatic heterocycles. The number of hydrogen-bond acceptors (Lipinski definition) is 5. The van der Waals surface area contributed by atoms with Crippen LogP contribution in [0.5, 0.6) is 11.6 Å². The minimum absolute atomic E-state index is 0.0262. The Morgan fingerprint density at radius 3 is 2.68 bits per heavy atom. The highest BCUT2D eigenvalue weighted by Gasteiger charge is 2.24. The molecule has 1 atom stereocenters. The van der Waals surface area contributed by atoms with Gasteiger partial charge in [-0.2, -0.15) is 5.10 Å². The highest BCUT2D eigenvalue weighted by atomic mass is 16.6. The topological polar surface area (TPSA) is 99.3 Å². The maximum absolute atomic E-state index is 12.4. The molecule has 25 heavy (non-hydrogen) atoms. The van der Waals surface area contributed by atoms with Gasteiger partial charge in [-0.15, -0.1) is 0 Å². The summed E-state index contributed by atoms with van der Waals surface area (Å²) in [6, 6.07) is 6.14. The lowest BCUT2D eigenvalue weighted by Gasteiger charge is -2.10. The standard InChI is InChI=1S/C17H22N4O4/c1-5-11(3)18-16(22)15-12(4)17(20(6-2)19-15)25-14-10-8-7-9-13(14)21(23)24/h7-11H,5-6H2,1-4H3,(H,18,22)/t11-/m1/s1. The van der Waals surface area contributed by atoms with E-state index in [1.54, 1.807) is 19.1 Å². The van der Waals surface area contributed by atoms with Crippen molar-refractivity contribution < 1.29 is 14.5 Å². The van der Waals surface area contributed by atoms with Crippen molar-refractivity contribution in [3.8, 4) is 11.6 Å². The molecular weight excluding hydrogens is 324 g/mol. The van der Waals surface area contributed by atoms with Gasteiger partial charge in [-0.3, -0.25) is 14.9 Å². The Hall–Kier alpha value is -2.90. The zero-order chi connectivity index (χ0) is 18.6. The van der Waals surface area contributed by atoms with Crippen molar-refractivity contribution in [1.82, 2.24) is 15.1 Å². The molecule has 0 radical (unpaired) electrons. The maximum Gasteiger partial charge on any atom is 0.311 e. The molecule has 2 aromatic rings. The van der Waals surface area contributed by atoms with Gasteiger partial charge in [0.05, 0.1) is 4.92 Å². The number of aryl methyl sites for hydroxylation is 1. The Morgan fingerprint density at radius 1 is 1.40 bits per heavy atom. The lowest BCUT2D eigenvalue weighted by Crippen LogP contribution is -2.32. The summed E-state index contributed by atoms with van der Waals surface area (Å²) in [7, 11) is 0. The molecule has 8 nitrogen and oxygen atoms in total. The number of carbonyl (C=O) groups is 1. The van der Waals surface area contributed by atoms with Crippen molar-refractivity contribution in [1.29, 1.82) is 0 Å². The first-order valence-electron chi connectivity index (χ1n) is 8.18. The Balaban J connectivity index is 2.39. The quantitative estimate of drug-likeness (QED) is 0.611. The molecule has 0 aliphatic rings. The van der Waals surface area contributed by atoms with Gasteiger partial charge in [0.25, 0.3) is 5.91 Å². The normalized spacial score (nSPS) is 11.8. The van der Waals surface area contributed by atoms with Crippen LogP contribution in [0.4, 0.5) is 5.69 Å². The summed E-state index contributed by atoms with van der Waals surface area (Å²) in [5.41, 5.74) is 0.660. The minimum Gasteiger partial charge on any atom is -0.432 e. The van der Waals surface area contributed by atoms with Crippen LogP contribution in [-0.2, 0) is 6.54 Å². The first kappa shape index (κ1) is 18.4. The lowest BCUT2D eigenvalue weighted by atomic mass is 10.2. The van der Waals surface area contributed by atoms with E-state index < -0.39 is 4.92 Å². The number of nitro groups is 1. The van der Waals surface area contributed by atoms with E-state index in [2.05, 4.69) is 10.4 Å². The molecule has 1 aromatic carbocycles. The van der Waals surface area contributed by atoms with E-state index in [9.17, 15) is 14.9 Å². The monoisotopic (exact) mass is 346 g/mol. The maximum atomic E-state index is 12.4. The number of benzene rings is 1. The third-order valence-electron chi connectivity index (χ3n) is 3.90. The summed E-state index contributed by atoms with van der Waals surface area (Å²) >= 11 is 0. The van der Waals surface area contributed by atoms with Crippen LogP contribution in [-0.4, -0.2) is 26.7 Å². The number of ether oxygens (including phenoxy) is 1. The van der Waals surface area contributed by atoms with Crippen LogP contribution in [0, 0.1) is 17.0 Å². The summed E-state index contributed by atoms with van der Waals surface area (Å²) in [4.78, 5) is 23.0. The number of hydrogen-bond donors (Lipinski definition) is 1. The molecule has 0 saturated carbocycles.